The highest BCUT2D eigenvalue weighted by atomic mass is 35.5. The average Bonchev–Trinajstić information content (AvgIpc) is 3.38. The molecule has 2 unspecified atom stereocenters. The molecule has 2 aromatic heterocycles. The predicted octanol–water partition coefficient (Wildman–Crippen LogP) is 7.40. The molecule has 0 radical (unpaired) electrons. The Kier molecular flexibility index (Phi) is 6.68. The van der Waals surface area contributed by atoms with Crippen LogP contribution >= 0.6 is 23.2 Å². The van der Waals surface area contributed by atoms with Crippen LogP contribution in [0.3, 0.4) is 0 Å². The fourth-order valence-electron chi connectivity index (χ4n) is 5.11. The van der Waals surface area contributed by atoms with Gasteiger partial charge in [0.25, 0.3) is 0 Å². The third-order valence-corrected chi connectivity index (χ3v) is 7.06. The van der Waals surface area contributed by atoms with Crippen molar-refractivity contribution in [2.75, 3.05) is 19.1 Å². The molecule has 0 spiro atoms. The van der Waals surface area contributed by atoms with E-state index in [-0.39, 0.29) is 12.1 Å². The molecule has 1 aliphatic rings. The molecule has 0 N–H and O–H groups in total. The number of anilines is 1. The number of rotatable bonds is 6. The summed E-state index contributed by atoms with van der Waals surface area (Å²) in [4.78, 5) is 12.0. The van der Waals surface area contributed by atoms with Crippen LogP contribution in [0.15, 0.2) is 60.8 Å². The van der Waals surface area contributed by atoms with Crippen molar-refractivity contribution in [1.29, 1.82) is 0 Å². The standard InChI is InChI=1S/C28H28Cl2N4O2/c1-16(2)33-26-24(32-27(33)21-8-6-7-9-22(21)35-4)28(36-5)34(23-15-19(30)12-13-31-23)25(26)20-11-10-18(29)14-17(20)3/h6-16,25,28H,1-5H3. The highest BCUT2D eigenvalue weighted by molar-refractivity contribution is 6.31. The Hall–Kier alpha value is -3.06. The van der Waals surface area contributed by atoms with Crippen LogP contribution in [0.2, 0.25) is 10.0 Å². The van der Waals surface area contributed by atoms with Crippen molar-refractivity contribution >= 4 is 29.0 Å². The van der Waals surface area contributed by atoms with E-state index in [4.69, 9.17) is 37.7 Å². The summed E-state index contributed by atoms with van der Waals surface area (Å²) in [5.74, 6) is 2.32. The lowest BCUT2D eigenvalue weighted by molar-refractivity contribution is 0.101. The van der Waals surface area contributed by atoms with Crippen LogP contribution in [0.4, 0.5) is 5.82 Å². The summed E-state index contributed by atoms with van der Waals surface area (Å²) in [7, 11) is 3.37. The number of aromatic nitrogens is 3. The molecule has 0 saturated heterocycles. The molecule has 0 fully saturated rings. The third kappa shape index (κ3) is 4.03. The van der Waals surface area contributed by atoms with Crippen molar-refractivity contribution in [2.45, 2.75) is 39.1 Å². The Labute approximate surface area is 221 Å². The number of benzene rings is 2. The van der Waals surface area contributed by atoms with Gasteiger partial charge in [0.15, 0.2) is 6.23 Å². The summed E-state index contributed by atoms with van der Waals surface area (Å²) in [5.41, 5.74) is 4.98. The van der Waals surface area contributed by atoms with Crippen LogP contribution in [-0.4, -0.2) is 28.8 Å². The van der Waals surface area contributed by atoms with Gasteiger partial charge in [-0.05, 0) is 68.3 Å². The maximum atomic E-state index is 6.41. The molecule has 8 heteroatoms. The molecule has 1 aliphatic heterocycles. The first-order chi connectivity index (χ1) is 17.3. The molecule has 2 aromatic carbocycles. The highest BCUT2D eigenvalue weighted by Gasteiger charge is 2.46. The Morgan fingerprint density at radius 1 is 0.972 bits per heavy atom. The number of methoxy groups -OCH3 is 2. The Bertz CT molecular complexity index is 1420. The lowest BCUT2D eigenvalue weighted by atomic mass is 9.98. The van der Waals surface area contributed by atoms with Crippen molar-refractivity contribution in [2.24, 2.45) is 0 Å². The van der Waals surface area contributed by atoms with E-state index >= 15 is 0 Å². The second-order valence-electron chi connectivity index (χ2n) is 9.10. The van der Waals surface area contributed by atoms with Gasteiger partial charge in [0.05, 0.1) is 18.4 Å². The summed E-state index contributed by atoms with van der Waals surface area (Å²) in [5, 5.41) is 1.30. The molecule has 0 saturated carbocycles. The van der Waals surface area contributed by atoms with E-state index in [1.165, 1.54) is 0 Å². The summed E-state index contributed by atoms with van der Waals surface area (Å²) in [6.07, 6.45) is 1.24. The molecule has 0 aliphatic carbocycles. The second-order valence-corrected chi connectivity index (χ2v) is 9.97. The second kappa shape index (κ2) is 9.77. The SMILES string of the molecule is COc1ccccc1-c1nc2c(n1C(C)C)C(c1ccc(Cl)cc1C)N(c1cc(Cl)ccn1)C2OC. The number of imidazole rings is 1. The van der Waals surface area contributed by atoms with Crippen LogP contribution < -0.4 is 9.64 Å². The molecule has 186 valence electrons. The van der Waals surface area contributed by atoms with Gasteiger partial charge in [0, 0.05) is 29.4 Å². The first kappa shape index (κ1) is 24.6. The Morgan fingerprint density at radius 3 is 2.39 bits per heavy atom. The normalized spacial score (nSPS) is 17.1. The van der Waals surface area contributed by atoms with E-state index in [0.29, 0.717) is 15.9 Å². The van der Waals surface area contributed by atoms with Gasteiger partial charge in [0.2, 0.25) is 0 Å². The maximum absolute atomic E-state index is 6.41. The van der Waals surface area contributed by atoms with Gasteiger partial charge < -0.3 is 18.9 Å². The molecule has 2 atom stereocenters. The zero-order valence-corrected chi connectivity index (χ0v) is 22.4. The highest BCUT2D eigenvalue weighted by Crippen LogP contribution is 2.51. The third-order valence-electron chi connectivity index (χ3n) is 6.59. The maximum Gasteiger partial charge on any atom is 0.176 e. The number of ether oxygens (including phenoxy) is 2. The van der Waals surface area contributed by atoms with Crippen molar-refractivity contribution < 1.29 is 9.47 Å². The molecule has 3 heterocycles. The largest absolute Gasteiger partial charge is 0.496 e. The molecule has 5 rings (SSSR count). The fourth-order valence-corrected chi connectivity index (χ4v) is 5.49. The number of hydrogen-bond donors (Lipinski definition) is 0. The first-order valence-electron chi connectivity index (χ1n) is 11.8. The lowest BCUT2D eigenvalue weighted by Crippen LogP contribution is -2.31. The minimum atomic E-state index is -0.473. The monoisotopic (exact) mass is 522 g/mol. The quantitative estimate of drug-likeness (QED) is 0.264. The van der Waals surface area contributed by atoms with Crippen LogP contribution in [-0.2, 0) is 4.74 Å². The molecule has 36 heavy (non-hydrogen) atoms. The average molecular weight is 523 g/mol. The van der Waals surface area contributed by atoms with E-state index in [9.17, 15) is 0 Å². The molecule has 0 bridgehead atoms. The van der Waals surface area contributed by atoms with E-state index in [1.807, 2.05) is 42.5 Å². The van der Waals surface area contributed by atoms with E-state index in [0.717, 1.165) is 39.7 Å². The van der Waals surface area contributed by atoms with Gasteiger partial charge in [-0.3, -0.25) is 0 Å². The van der Waals surface area contributed by atoms with Gasteiger partial charge in [0.1, 0.15) is 29.1 Å². The van der Waals surface area contributed by atoms with Gasteiger partial charge in [-0.25, -0.2) is 9.97 Å². The summed E-state index contributed by atoms with van der Waals surface area (Å²) >= 11 is 12.8. The minimum absolute atomic E-state index is 0.112. The lowest BCUT2D eigenvalue weighted by Gasteiger charge is -2.33. The molecule has 0 amide bonds. The van der Waals surface area contributed by atoms with E-state index < -0.39 is 6.23 Å². The van der Waals surface area contributed by atoms with Crippen molar-refractivity contribution in [3.63, 3.8) is 0 Å². The van der Waals surface area contributed by atoms with Crippen LogP contribution in [0.5, 0.6) is 5.75 Å². The summed E-state index contributed by atoms with van der Waals surface area (Å²) < 4.78 is 14.1. The number of nitrogens with zero attached hydrogens (tertiary/aromatic N) is 4. The van der Waals surface area contributed by atoms with Gasteiger partial charge in [-0.2, -0.15) is 0 Å². The number of para-hydroxylation sites is 1. The number of halogens is 2. The molecular weight excluding hydrogens is 495 g/mol. The number of fused-ring (bicyclic) bond motifs is 1. The predicted molar refractivity (Wildman–Crippen MR) is 144 cm³/mol. The summed E-state index contributed by atoms with van der Waals surface area (Å²) in [6, 6.07) is 17.4. The Balaban J connectivity index is 1.83. The summed E-state index contributed by atoms with van der Waals surface area (Å²) in [6.45, 7) is 6.39. The van der Waals surface area contributed by atoms with Crippen molar-refractivity contribution in [3.05, 3.63) is 93.4 Å². The number of aryl methyl sites for hydroxylation is 1. The van der Waals surface area contributed by atoms with Crippen LogP contribution in [0.1, 0.15) is 54.7 Å². The molecule has 4 aromatic rings. The molecule has 6 nitrogen and oxygen atoms in total. The molecular formula is C28H28Cl2N4O2. The van der Waals surface area contributed by atoms with Gasteiger partial charge in [-0.15, -0.1) is 0 Å². The fraction of sp³-hybridized carbons (Fsp3) is 0.286. The zero-order chi connectivity index (χ0) is 25.6. The van der Waals surface area contributed by atoms with Crippen molar-refractivity contribution in [1.82, 2.24) is 14.5 Å². The smallest absolute Gasteiger partial charge is 0.176 e. The minimum Gasteiger partial charge on any atom is -0.496 e. The first-order valence-corrected chi connectivity index (χ1v) is 12.6. The van der Waals surface area contributed by atoms with E-state index in [2.05, 4.69) is 41.3 Å². The van der Waals surface area contributed by atoms with Crippen molar-refractivity contribution in [3.8, 4) is 17.1 Å². The van der Waals surface area contributed by atoms with Gasteiger partial charge >= 0.3 is 0 Å². The van der Waals surface area contributed by atoms with Gasteiger partial charge in [-0.1, -0.05) is 41.4 Å². The topological polar surface area (TPSA) is 52.4 Å². The number of hydrogen-bond acceptors (Lipinski definition) is 5. The zero-order valence-electron chi connectivity index (χ0n) is 20.9. The Morgan fingerprint density at radius 2 is 1.72 bits per heavy atom. The number of pyridine rings is 1. The van der Waals surface area contributed by atoms with Crippen LogP contribution in [0, 0.1) is 6.92 Å². The van der Waals surface area contributed by atoms with E-state index in [1.54, 1.807) is 26.5 Å². The van der Waals surface area contributed by atoms with Crippen LogP contribution in [0.25, 0.3) is 11.4 Å².